The molecule has 2 aromatic carbocycles. The fourth-order valence-corrected chi connectivity index (χ4v) is 4.90. The van der Waals surface area contributed by atoms with Gasteiger partial charge in [0, 0.05) is 38.3 Å². The van der Waals surface area contributed by atoms with Crippen molar-refractivity contribution in [1.82, 2.24) is 9.21 Å². The van der Waals surface area contributed by atoms with E-state index in [1.807, 2.05) is 19.9 Å². The van der Waals surface area contributed by atoms with Gasteiger partial charge in [0.15, 0.2) is 0 Å². The van der Waals surface area contributed by atoms with Gasteiger partial charge in [0.2, 0.25) is 10.0 Å². The van der Waals surface area contributed by atoms with E-state index >= 15 is 0 Å². The number of hydrogen-bond acceptors (Lipinski definition) is 4. The van der Waals surface area contributed by atoms with Gasteiger partial charge in [-0.15, -0.1) is 0 Å². The van der Waals surface area contributed by atoms with Crippen molar-refractivity contribution in [2.24, 2.45) is 0 Å². The van der Waals surface area contributed by atoms with Crippen molar-refractivity contribution in [2.45, 2.75) is 25.3 Å². The predicted octanol–water partition coefficient (Wildman–Crippen LogP) is 2.96. The Kier molecular flexibility index (Phi) is 5.83. The highest BCUT2D eigenvalue weighted by Gasteiger charge is 2.31. The molecule has 3 rings (SSSR count). The van der Waals surface area contributed by atoms with Gasteiger partial charge in [0.1, 0.15) is 16.5 Å². The Morgan fingerprint density at radius 2 is 1.67 bits per heavy atom. The van der Waals surface area contributed by atoms with E-state index in [9.17, 15) is 12.8 Å². The molecule has 0 atom stereocenters. The van der Waals surface area contributed by atoms with Gasteiger partial charge in [-0.1, -0.05) is 18.2 Å². The largest absolute Gasteiger partial charge is 0.495 e. The second-order valence-electron chi connectivity index (χ2n) is 6.86. The second-order valence-corrected chi connectivity index (χ2v) is 8.77. The topological polar surface area (TPSA) is 49.9 Å². The molecule has 1 heterocycles. The van der Waals surface area contributed by atoms with Crippen LogP contribution in [0.1, 0.15) is 16.7 Å². The van der Waals surface area contributed by atoms with Crippen molar-refractivity contribution in [1.29, 1.82) is 0 Å². The van der Waals surface area contributed by atoms with Gasteiger partial charge in [0.25, 0.3) is 0 Å². The molecule has 0 aliphatic carbocycles. The van der Waals surface area contributed by atoms with E-state index in [1.54, 1.807) is 24.3 Å². The molecular formula is C20H25FN2O3S. The van der Waals surface area contributed by atoms with Crippen LogP contribution < -0.4 is 4.74 Å². The zero-order valence-electron chi connectivity index (χ0n) is 15.9. The van der Waals surface area contributed by atoms with E-state index in [4.69, 9.17) is 4.74 Å². The van der Waals surface area contributed by atoms with Crippen LogP contribution in [0, 0.1) is 19.7 Å². The number of methoxy groups -OCH3 is 1. The normalized spacial score (nSPS) is 16.4. The summed E-state index contributed by atoms with van der Waals surface area (Å²) in [6.07, 6.45) is 0. The minimum atomic E-state index is -3.64. The molecule has 1 aliphatic rings. The van der Waals surface area contributed by atoms with Crippen molar-refractivity contribution in [2.75, 3.05) is 33.3 Å². The number of rotatable bonds is 5. The summed E-state index contributed by atoms with van der Waals surface area (Å²) in [5, 5.41) is 0. The Morgan fingerprint density at radius 3 is 2.30 bits per heavy atom. The van der Waals surface area contributed by atoms with Crippen LogP contribution in [0.3, 0.4) is 0 Å². The summed E-state index contributed by atoms with van der Waals surface area (Å²) < 4.78 is 46.9. The molecule has 7 heteroatoms. The number of halogens is 1. The first-order chi connectivity index (χ1) is 12.8. The SMILES string of the molecule is COc1cc(C)c(C)cc1S(=O)(=O)N1CCN(Cc2ccccc2F)CC1. The Balaban J connectivity index is 1.74. The lowest BCUT2D eigenvalue weighted by molar-refractivity contribution is 0.179. The molecular weight excluding hydrogens is 367 g/mol. The average Bonchev–Trinajstić information content (AvgIpc) is 2.66. The zero-order valence-corrected chi connectivity index (χ0v) is 16.7. The fourth-order valence-electron chi connectivity index (χ4n) is 3.26. The van der Waals surface area contributed by atoms with E-state index in [0.29, 0.717) is 44.0 Å². The van der Waals surface area contributed by atoms with Crippen LogP contribution in [-0.2, 0) is 16.6 Å². The summed E-state index contributed by atoms with van der Waals surface area (Å²) in [6, 6.07) is 10.1. The molecule has 1 saturated heterocycles. The van der Waals surface area contributed by atoms with Crippen LogP contribution >= 0.6 is 0 Å². The average molecular weight is 392 g/mol. The first kappa shape index (κ1) is 19.8. The van der Waals surface area contributed by atoms with Crippen LogP contribution in [0.15, 0.2) is 41.3 Å². The Bertz CT molecular complexity index is 923. The van der Waals surface area contributed by atoms with E-state index in [2.05, 4.69) is 4.90 Å². The van der Waals surface area contributed by atoms with Crippen LogP contribution in [0.25, 0.3) is 0 Å². The zero-order chi connectivity index (χ0) is 19.6. The van der Waals surface area contributed by atoms with Crippen LogP contribution in [0.4, 0.5) is 4.39 Å². The van der Waals surface area contributed by atoms with Crippen LogP contribution in [0.5, 0.6) is 5.75 Å². The lowest BCUT2D eigenvalue weighted by atomic mass is 10.1. The molecule has 5 nitrogen and oxygen atoms in total. The van der Waals surface area contributed by atoms with Crippen LogP contribution in [0.2, 0.25) is 0 Å². The lowest BCUT2D eigenvalue weighted by Gasteiger charge is -2.34. The molecule has 0 spiro atoms. The first-order valence-corrected chi connectivity index (χ1v) is 10.4. The van der Waals surface area contributed by atoms with Crippen molar-refractivity contribution in [3.63, 3.8) is 0 Å². The third-order valence-corrected chi connectivity index (χ3v) is 7.00. The fraction of sp³-hybridized carbons (Fsp3) is 0.400. The molecule has 0 unspecified atom stereocenters. The van der Waals surface area contributed by atoms with Gasteiger partial charge in [-0.05, 0) is 43.2 Å². The Hall–Kier alpha value is -1.96. The molecule has 0 bridgehead atoms. The predicted molar refractivity (Wildman–Crippen MR) is 103 cm³/mol. The van der Waals surface area contributed by atoms with Crippen molar-refractivity contribution >= 4 is 10.0 Å². The van der Waals surface area contributed by atoms with E-state index < -0.39 is 10.0 Å². The minimum absolute atomic E-state index is 0.204. The highest BCUT2D eigenvalue weighted by Crippen LogP contribution is 2.30. The minimum Gasteiger partial charge on any atom is -0.495 e. The summed E-state index contributed by atoms with van der Waals surface area (Å²) in [7, 11) is -2.16. The Labute approximate surface area is 160 Å². The third-order valence-electron chi connectivity index (χ3n) is 5.08. The maximum absolute atomic E-state index is 13.8. The number of sulfonamides is 1. The number of piperazine rings is 1. The van der Waals surface area contributed by atoms with Gasteiger partial charge < -0.3 is 4.74 Å². The molecule has 146 valence electrons. The standard InChI is InChI=1S/C20H25FN2O3S/c1-15-12-19(26-3)20(13-16(15)2)27(24,25)23-10-8-22(9-11-23)14-17-6-4-5-7-18(17)21/h4-7,12-13H,8-11,14H2,1-3H3. The highest BCUT2D eigenvalue weighted by molar-refractivity contribution is 7.89. The quantitative estimate of drug-likeness (QED) is 0.785. The molecule has 2 aromatic rings. The lowest BCUT2D eigenvalue weighted by Crippen LogP contribution is -2.48. The monoisotopic (exact) mass is 392 g/mol. The number of ether oxygens (including phenoxy) is 1. The maximum Gasteiger partial charge on any atom is 0.246 e. The molecule has 0 amide bonds. The van der Waals surface area contributed by atoms with E-state index in [1.165, 1.54) is 17.5 Å². The number of hydrogen-bond donors (Lipinski definition) is 0. The van der Waals surface area contributed by atoms with Crippen LogP contribution in [-0.4, -0.2) is 50.9 Å². The van der Waals surface area contributed by atoms with Gasteiger partial charge in [-0.2, -0.15) is 4.31 Å². The van der Waals surface area contributed by atoms with E-state index in [-0.39, 0.29) is 10.7 Å². The summed E-state index contributed by atoms with van der Waals surface area (Å²) in [4.78, 5) is 2.28. The molecule has 1 aliphatic heterocycles. The van der Waals surface area contributed by atoms with E-state index in [0.717, 1.165) is 11.1 Å². The summed E-state index contributed by atoms with van der Waals surface area (Å²) in [5.41, 5.74) is 2.53. The molecule has 0 N–H and O–H groups in total. The molecule has 27 heavy (non-hydrogen) atoms. The maximum atomic E-state index is 13.8. The Morgan fingerprint density at radius 1 is 1.04 bits per heavy atom. The van der Waals surface area contributed by atoms with Gasteiger partial charge in [-0.25, -0.2) is 12.8 Å². The third kappa shape index (κ3) is 4.15. The number of nitrogens with zero attached hydrogens (tertiary/aromatic N) is 2. The second kappa shape index (κ2) is 7.96. The van der Waals surface area contributed by atoms with Gasteiger partial charge in [0.05, 0.1) is 7.11 Å². The molecule has 1 fully saturated rings. The number of aryl methyl sites for hydroxylation is 2. The summed E-state index contributed by atoms with van der Waals surface area (Å²) in [5.74, 6) is 0.138. The molecule has 0 aromatic heterocycles. The smallest absolute Gasteiger partial charge is 0.246 e. The summed E-state index contributed by atoms with van der Waals surface area (Å²) in [6.45, 7) is 6.14. The van der Waals surface area contributed by atoms with Crippen molar-refractivity contribution in [3.05, 3.63) is 58.9 Å². The molecule has 0 radical (unpaired) electrons. The number of benzene rings is 2. The van der Waals surface area contributed by atoms with Gasteiger partial charge >= 0.3 is 0 Å². The van der Waals surface area contributed by atoms with Gasteiger partial charge in [-0.3, -0.25) is 4.90 Å². The molecule has 0 saturated carbocycles. The first-order valence-electron chi connectivity index (χ1n) is 8.94. The van der Waals surface area contributed by atoms with Crippen molar-refractivity contribution < 1.29 is 17.5 Å². The summed E-state index contributed by atoms with van der Waals surface area (Å²) >= 11 is 0. The van der Waals surface area contributed by atoms with Crippen molar-refractivity contribution in [3.8, 4) is 5.75 Å². The highest BCUT2D eigenvalue weighted by atomic mass is 32.2.